The molecule has 0 bridgehead atoms. The molecule has 0 spiro atoms. The molecule has 6 heteroatoms. The molecule has 3 heterocycles. The quantitative estimate of drug-likeness (QED) is 0.774. The first-order chi connectivity index (χ1) is 9.56. The van der Waals surface area contributed by atoms with Gasteiger partial charge in [0, 0.05) is 18.8 Å². The summed E-state index contributed by atoms with van der Waals surface area (Å²) in [7, 11) is 0. The maximum absolute atomic E-state index is 13.2. The Morgan fingerprint density at radius 2 is 2.20 bits per heavy atom. The first-order valence-electron chi connectivity index (χ1n) is 6.81. The van der Waals surface area contributed by atoms with Gasteiger partial charge < -0.3 is 10.6 Å². The summed E-state index contributed by atoms with van der Waals surface area (Å²) >= 11 is 0. The van der Waals surface area contributed by atoms with Gasteiger partial charge in [-0.1, -0.05) is 0 Å². The lowest BCUT2D eigenvalue weighted by Gasteiger charge is -2.37. The average molecular weight is 277 g/mol. The number of nitrogens with zero attached hydrogens (tertiary/aromatic N) is 2. The molecule has 2 atom stereocenters. The molecule has 1 aromatic heterocycles. The van der Waals surface area contributed by atoms with Crippen molar-refractivity contribution in [1.82, 2.24) is 9.88 Å². The zero-order valence-corrected chi connectivity index (χ0v) is 11.0. The second-order valence-corrected chi connectivity index (χ2v) is 5.49. The van der Waals surface area contributed by atoms with Crippen LogP contribution in [0.15, 0.2) is 12.3 Å². The van der Waals surface area contributed by atoms with Crippen molar-refractivity contribution in [2.24, 2.45) is 11.7 Å². The number of aromatic nitrogens is 1. The fourth-order valence-electron chi connectivity index (χ4n) is 3.15. The van der Waals surface area contributed by atoms with Crippen molar-refractivity contribution in [1.29, 1.82) is 0 Å². The smallest absolute Gasteiger partial charge is 0.255 e. The monoisotopic (exact) mass is 277 g/mol. The fraction of sp³-hybridized carbons (Fsp3) is 0.500. The van der Waals surface area contributed by atoms with E-state index in [9.17, 15) is 14.0 Å². The zero-order chi connectivity index (χ0) is 14.3. The Kier molecular flexibility index (Phi) is 3.16. The van der Waals surface area contributed by atoms with Gasteiger partial charge >= 0.3 is 0 Å². The fourth-order valence-corrected chi connectivity index (χ4v) is 3.15. The molecule has 0 aromatic carbocycles. The molecule has 20 heavy (non-hydrogen) atoms. The third-order valence-corrected chi connectivity index (χ3v) is 4.30. The molecule has 2 aliphatic heterocycles. The Morgan fingerprint density at radius 1 is 1.40 bits per heavy atom. The number of primary amides is 1. The lowest BCUT2D eigenvalue weighted by molar-refractivity contribution is -0.123. The molecule has 2 amide bonds. The van der Waals surface area contributed by atoms with E-state index in [-0.39, 0.29) is 23.8 Å². The molecule has 1 fully saturated rings. The van der Waals surface area contributed by atoms with Gasteiger partial charge in [-0.2, -0.15) is 4.39 Å². The third kappa shape index (κ3) is 2.15. The van der Waals surface area contributed by atoms with E-state index in [1.165, 1.54) is 12.3 Å². The van der Waals surface area contributed by atoms with Gasteiger partial charge in [-0.15, -0.1) is 0 Å². The number of hydrogen-bond donors (Lipinski definition) is 1. The van der Waals surface area contributed by atoms with Gasteiger partial charge in [0.2, 0.25) is 11.9 Å². The minimum absolute atomic E-state index is 0.105. The lowest BCUT2D eigenvalue weighted by atomic mass is 9.90. The highest BCUT2D eigenvalue weighted by atomic mass is 19.1. The number of hydrogen-bond acceptors (Lipinski definition) is 3. The summed E-state index contributed by atoms with van der Waals surface area (Å²) in [5.41, 5.74) is 6.49. The molecular weight excluding hydrogens is 261 g/mol. The Bertz CT molecular complexity index is 576. The van der Waals surface area contributed by atoms with E-state index in [0.717, 1.165) is 12.8 Å². The molecule has 0 aliphatic carbocycles. The number of aryl methyl sites for hydroxylation is 1. The van der Waals surface area contributed by atoms with Gasteiger partial charge in [-0.25, -0.2) is 4.98 Å². The summed E-state index contributed by atoms with van der Waals surface area (Å²) in [6.45, 7) is 0.357. The minimum Gasteiger partial charge on any atom is -0.369 e. The molecule has 2 N–H and O–H groups in total. The maximum Gasteiger partial charge on any atom is 0.255 e. The highest BCUT2D eigenvalue weighted by molar-refractivity contribution is 5.96. The molecular formula is C14H16FN3O2. The van der Waals surface area contributed by atoms with Crippen molar-refractivity contribution in [3.63, 3.8) is 0 Å². The number of rotatable bonds is 1. The lowest BCUT2D eigenvalue weighted by Crippen LogP contribution is -2.49. The molecule has 3 rings (SSSR count). The van der Waals surface area contributed by atoms with Crippen LogP contribution in [-0.2, 0) is 11.2 Å². The van der Waals surface area contributed by atoms with Gasteiger partial charge in [0.1, 0.15) is 0 Å². The normalized spacial score (nSPS) is 25.6. The first-order valence-corrected chi connectivity index (χ1v) is 6.81. The van der Waals surface area contributed by atoms with Gasteiger partial charge in [0.15, 0.2) is 0 Å². The van der Waals surface area contributed by atoms with E-state index < -0.39 is 5.95 Å². The summed E-state index contributed by atoms with van der Waals surface area (Å²) in [5.74, 6) is -1.38. The predicted octanol–water partition coefficient (Wildman–Crippen LogP) is 0.873. The second kappa shape index (κ2) is 4.85. The summed E-state index contributed by atoms with van der Waals surface area (Å²) in [4.78, 5) is 29.2. The number of halogens is 1. The van der Waals surface area contributed by atoms with E-state index in [1.807, 2.05) is 0 Å². The molecule has 5 nitrogen and oxygen atoms in total. The molecule has 2 aliphatic rings. The largest absolute Gasteiger partial charge is 0.369 e. The van der Waals surface area contributed by atoms with E-state index >= 15 is 0 Å². The molecule has 1 aromatic rings. The van der Waals surface area contributed by atoms with Crippen molar-refractivity contribution in [2.75, 3.05) is 6.54 Å². The van der Waals surface area contributed by atoms with Gasteiger partial charge in [0.25, 0.3) is 5.91 Å². The summed E-state index contributed by atoms with van der Waals surface area (Å²) in [6, 6.07) is 1.44. The highest BCUT2D eigenvalue weighted by Gasteiger charge is 2.36. The highest BCUT2D eigenvalue weighted by Crippen LogP contribution is 2.30. The van der Waals surface area contributed by atoms with Crippen molar-refractivity contribution in [3.8, 4) is 0 Å². The van der Waals surface area contributed by atoms with Crippen LogP contribution in [0.25, 0.3) is 0 Å². The number of carbonyl (C=O) groups excluding carboxylic acids is 2. The van der Waals surface area contributed by atoms with Crippen molar-refractivity contribution in [2.45, 2.75) is 31.7 Å². The van der Waals surface area contributed by atoms with Crippen LogP contribution in [0.5, 0.6) is 0 Å². The second-order valence-electron chi connectivity index (χ2n) is 5.49. The Balaban J connectivity index is 1.93. The molecule has 1 saturated heterocycles. The molecule has 0 saturated carbocycles. The number of amides is 2. The maximum atomic E-state index is 13.2. The van der Waals surface area contributed by atoms with Crippen LogP contribution in [0.2, 0.25) is 0 Å². The van der Waals surface area contributed by atoms with Gasteiger partial charge in [-0.05, 0) is 37.3 Å². The number of carbonyl (C=O) groups is 2. The Morgan fingerprint density at radius 3 is 2.95 bits per heavy atom. The first kappa shape index (κ1) is 13.0. The Labute approximate surface area is 116 Å². The molecule has 106 valence electrons. The number of piperidine rings is 1. The third-order valence-electron chi connectivity index (χ3n) is 4.30. The van der Waals surface area contributed by atoms with Crippen LogP contribution in [-0.4, -0.2) is 34.3 Å². The average Bonchev–Trinajstić information content (AvgIpc) is 2.56. The summed E-state index contributed by atoms with van der Waals surface area (Å²) in [5, 5.41) is 0. The van der Waals surface area contributed by atoms with Crippen molar-refractivity contribution in [3.05, 3.63) is 29.3 Å². The number of pyridine rings is 1. The van der Waals surface area contributed by atoms with Gasteiger partial charge in [0.05, 0.1) is 11.5 Å². The van der Waals surface area contributed by atoms with Crippen molar-refractivity contribution < 1.29 is 14.0 Å². The van der Waals surface area contributed by atoms with Crippen LogP contribution in [0, 0.1) is 11.9 Å². The summed E-state index contributed by atoms with van der Waals surface area (Å²) < 4.78 is 13.2. The topological polar surface area (TPSA) is 76.3 Å². The molecule has 0 radical (unpaired) electrons. The van der Waals surface area contributed by atoms with Crippen LogP contribution < -0.4 is 5.73 Å². The van der Waals surface area contributed by atoms with E-state index in [0.29, 0.717) is 30.5 Å². The SMILES string of the molecule is NC(=O)C1CCC2CCc3cc(F)ncc3C(=O)N2C1. The van der Waals surface area contributed by atoms with E-state index in [4.69, 9.17) is 5.73 Å². The van der Waals surface area contributed by atoms with Gasteiger partial charge in [-0.3, -0.25) is 9.59 Å². The summed E-state index contributed by atoms with van der Waals surface area (Å²) in [6.07, 6.45) is 4.22. The predicted molar refractivity (Wildman–Crippen MR) is 69.3 cm³/mol. The van der Waals surface area contributed by atoms with E-state index in [1.54, 1.807) is 4.90 Å². The van der Waals surface area contributed by atoms with Crippen LogP contribution in [0.1, 0.15) is 35.2 Å². The number of fused-ring (bicyclic) bond motifs is 2. The van der Waals surface area contributed by atoms with Crippen molar-refractivity contribution >= 4 is 11.8 Å². The number of nitrogens with two attached hydrogens (primary N) is 1. The zero-order valence-electron chi connectivity index (χ0n) is 11.0. The van der Waals surface area contributed by atoms with Crippen LogP contribution in [0.4, 0.5) is 4.39 Å². The molecule has 2 unspecified atom stereocenters. The van der Waals surface area contributed by atoms with E-state index in [2.05, 4.69) is 4.98 Å². The van der Waals surface area contributed by atoms with Crippen LogP contribution >= 0.6 is 0 Å². The Hall–Kier alpha value is -1.98. The minimum atomic E-state index is -0.563. The van der Waals surface area contributed by atoms with Crippen LogP contribution in [0.3, 0.4) is 0 Å². The standard InChI is InChI=1S/C14H16FN3O2/c15-12-5-8-1-3-10-4-2-9(13(16)19)7-18(10)14(20)11(8)6-17-12/h5-6,9-10H,1-4,7H2,(H2,16,19).